The first-order valence-electron chi connectivity index (χ1n) is 8.32. The van der Waals surface area contributed by atoms with Gasteiger partial charge in [-0.2, -0.15) is 5.10 Å². The van der Waals surface area contributed by atoms with Crippen molar-refractivity contribution in [2.75, 3.05) is 0 Å². The predicted octanol–water partition coefficient (Wildman–Crippen LogP) is 2.91. The number of aryl methyl sites for hydroxylation is 1. The van der Waals surface area contributed by atoms with Gasteiger partial charge in [-0.1, -0.05) is 29.8 Å². The molecule has 7 heteroatoms. The molecule has 2 aromatic heterocycles. The van der Waals surface area contributed by atoms with Gasteiger partial charge in [-0.15, -0.1) is 0 Å². The van der Waals surface area contributed by atoms with Crippen molar-refractivity contribution in [3.8, 4) is 5.69 Å². The number of ketones is 1. The van der Waals surface area contributed by atoms with Crippen LogP contribution >= 0.6 is 0 Å². The van der Waals surface area contributed by atoms with Gasteiger partial charge in [0.1, 0.15) is 17.5 Å². The lowest BCUT2D eigenvalue weighted by atomic mass is 10.1. The highest BCUT2D eigenvalue weighted by molar-refractivity contribution is 5.96. The molecule has 0 radical (unpaired) electrons. The standard InChI is InChI=1S/C20H15FN4O2/c1-13-6-8-14(9-7-13)25-19-16(10-23-25)20(27)24(12-22-19)11-18(26)15-4-2-3-5-17(15)21/h2-10,12H,11H2,1H3. The van der Waals surface area contributed by atoms with Gasteiger partial charge in [-0.05, 0) is 31.2 Å². The largest absolute Gasteiger partial charge is 0.292 e. The second-order valence-corrected chi connectivity index (χ2v) is 6.21. The Kier molecular flexibility index (Phi) is 4.12. The molecule has 2 heterocycles. The van der Waals surface area contributed by atoms with Gasteiger partial charge < -0.3 is 0 Å². The molecule has 0 atom stereocenters. The van der Waals surface area contributed by atoms with E-state index in [1.54, 1.807) is 10.7 Å². The van der Waals surface area contributed by atoms with Gasteiger partial charge in [0, 0.05) is 0 Å². The van der Waals surface area contributed by atoms with Crippen LogP contribution in [0, 0.1) is 12.7 Å². The first-order chi connectivity index (χ1) is 13.0. The summed E-state index contributed by atoms with van der Waals surface area (Å²) in [7, 11) is 0. The number of fused-ring (bicyclic) bond motifs is 1. The SMILES string of the molecule is Cc1ccc(-n2ncc3c(=O)n(CC(=O)c4ccccc4F)cnc32)cc1. The Morgan fingerprint density at radius 3 is 2.59 bits per heavy atom. The van der Waals surface area contributed by atoms with Crippen LogP contribution in [0.2, 0.25) is 0 Å². The molecule has 27 heavy (non-hydrogen) atoms. The molecule has 2 aromatic carbocycles. The van der Waals surface area contributed by atoms with Gasteiger partial charge in [0.2, 0.25) is 0 Å². The molecule has 4 aromatic rings. The topological polar surface area (TPSA) is 69.8 Å². The maximum absolute atomic E-state index is 13.8. The zero-order valence-corrected chi connectivity index (χ0v) is 14.5. The van der Waals surface area contributed by atoms with E-state index in [0.717, 1.165) is 15.8 Å². The van der Waals surface area contributed by atoms with E-state index in [-0.39, 0.29) is 12.1 Å². The maximum Gasteiger partial charge on any atom is 0.264 e. The fourth-order valence-electron chi connectivity index (χ4n) is 2.86. The molecule has 0 aliphatic carbocycles. The summed E-state index contributed by atoms with van der Waals surface area (Å²) in [5.74, 6) is -1.11. The maximum atomic E-state index is 13.8. The average Bonchev–Trinajstić information content (AvgIpc) is 3.10. The third-order valence-corrected chi connectivity index (χ3v) is 4.32. The first-order valence-corrected chi connectivity index (χ1v) is 8.32. The lowest BCUT2D eigenvalue weighted by Crippen LogP contribution is -2.25. The smallest absolute Gasteiger partial charge is 0.264 e. The van der Waals surface area contributed by atoms with Crippen LogP contribution in [0.4, 0.5) is 4.39 Å². The van der Waals surface area contributed by atoms with Gasteiger partial charge in [0.25, 0.3) is 5.56 Å². The van der Waals surface area contributed by atoms with E-state index in [4.69, 9.17) is 0 Å². The van der Waals surface area contributed by atoms with Crippen molar-refractivity contribution < 1.29 is 9.18 Å². The molecule has 0 amide bonds. The third kappa shape index (κ3) is 3.03. The number of nitrogens with zero attached hydrogens (tertiary/aromatic N) is 4. The van der Waals surface area contributed by atoms with Crippen molar-refractivity contribution in [3.05, 3.63) is 88.4 Å². The molecule has 0 bridgehead atoms. The number of aromatic nitrogens is 4. The van der Waals surface area contributed by atoms with E-state index in [1.165, 1.54) is 30.7 Å². The van der Waals surface area contributed by atoms with E-state index in [1.807, 2.05) is 31.2 Å². The molecule has 0 fully saturated rings. The van der Waals surface area contributed by atoms with E-state index in [9.17, 15) is 14.0 Å². The molecule has 4 rings (SSSR count). The summed E-state index contributed by atoms with van der Waals surface area (Å²) in [6, 6.07) is 13.3. The highest BCUT2D eigenvalue weighted by Crippen LogP contribution is 2.14. The van der Waals surface area contributed by atoms with E-state index in [0.29, 0.717) is 11.0 Å². The van der Waals surface area contributed by atoms with Crippen LogP contribution in [0.1, 0.15) is 15.9 Å². The van der Waals surface area contributed by atoms with Gasteiger partial charge in [-0.3, -0.25) is 14.2 Å². The fraction of sp³-hybridized carbons (Fsp3) is 0.100. The minimum absolute atomic E-state index is 0.0557. The van der Waals surface area contributed by atoms with Crippen molar-refractivity contribution in [2.24, 2.45) is 0 Å². The van der Waals surface area contributed by atoms with Crippen LogP contribution in [-0.4, -0.2) is 25.1 Å². The Labute approximate surface area is 153 Å². The van der Waals surface area contributed by atoms with Gasteiger partial charge in [0.15, 0.2) is 11.4 Å². The number of carbonyl (C=O) groups excluding carboxylic acids is 1. The second kappa shape index (κ2) is 6.60. The number of rotatable bonds is 4. The summed E-state index contributed by atoms with van der Waals surface area (Å²) in [6.45, 7) is 1.69. The molecule has 0 saturated carbocycles. The van der Waals surface area contributed by atoms with E-state index >= 15 is 0 Å². The molecule has 0 unspecified atom stereocenters. The Morgan fingerprint density at radius 2 is 1.85 bits per heavy atom. The summed E-state index contributed by atoms with van der Waals surface area (Å²) in [5.41, 5.74) is 1.83. The molecule has 0 aliphatic heterocycles. The fourth-order valence-corrected chi connectivity index (χ4v) is 2.86. The van der Waals surface area contributed by atoms with Crippen LogP contribution in [0.3, 0.4) is 0 Å². The summed E-state index contributed by atoms with van der Waals surface area (Å²) in [5, 5.41) is 4.54. The van der Waals surface area contributed by atoms with Crippen molar-refractivity contribution >= 4 is 16.8 Å². The molecule has 0 spiro atoms. The number of hydrogen-bond donors (Lipinski definition) is 0. The quantitative estimate of drug-likeness (QED) is 0.524. The van der Waals surface area contributed by atoms with Crippen LogP contribution in [0.15, 0.2) is 65.8 Å². The molecule has 0 N–H and O–H groups in total. The zero-order valence-electron chi connectivity index (χ0n) is 14.5. The molecule has 0 saturated heterocycles. The minimum atomic E-state index is -0.614. The lowest BCUT2D eigenvalue weighted by molar-refractivity contribution is 0.0966. The number of halogens is 1. The normalized spacial score (nSPS) is 11.0. The first kappa shape index (κ1) is 16.8. The Morgan fingerprint density at radius 1 is 1.11 bits per heavy atom. The van der Waals surface area contributed by atoms with Crippen molar-refractivity contribution in [1.29, 1.82) is 0 Å². The van der Waals surface area contributed by atoms with Crippen LogP contribution in [0.5, 0.6) is 0 Å². The molecule has 6 nitrogen and oxygen atoms in total. The van der Waals surface area contributed by atoms with Crippen LogP contribution < -0.4 is 5.56 Å². The van der Waals surface area contributed by atoms with E-state index < -0.39 is 17.2 Å². The van der Waals surface area contributed by atoms with E-state index in [2.05, 4.69) is 10.1 Å². The summed E-state index contributed by atoms with van der Waals surface area (Å²) in [6.07, 6.45) is 2.71. The Bertz CT molecular complexity index is 1210. The third-order valence-electron chi connectivity index (χ3n) is 4.32. The Hall–Kier alpha value is -3.61. The van der Waals surface area contributed by atoms with Crippen molar-refractivity contribution in [1.82, 2.24) is 19.3 Å². The lowest BCUT2D eigenvalue weighted by Gasteiger charge is -2.07. The average molecular weight is 362 g/mol. The van der Waals surface area contributed by atoms with Crippen molar-refractivity contribution in [2.45, 2.75) is 13.5 Å². The molecular weight excluding hydrogens is 347 g/mol. The van der Waals surface area contributed by atoms with Gasteiger partial charge in [0.05, 0.1) is 24.0 Å². The minimum Gasteiger partial charge on any atom is -0.292 e. The molecular formula is C20H15FN4O2. The zero-order chi connectivity index (χ0) is 19.0. The van der Waals surface area contributed by atoms with Gasteiger partial charge >= 0.3 is 0 Å². The highest BCUT2D eigenvalue weighted by atomic mass is 19.1. The highest BCUT2D eigenvalue weighted by Gasteiger charge is 2.15. The van der Waals surface area contributed by atoms with Crippen LogP contribution in [-0.2, 0) is 6.54 Å². The second-order valence-electron chi connectivity index (χ2n) is 6.21. The number of hydrogen-bond acceptors (Lipinski definition) is 4. The summed E-state index contributed by atoms with van der Waals surface area (Å²) in [4.78, 5) is 29.3. The monoisotopic (exact) mass is 362 g/mol. The van der Waals surface area contributed by atoms with Gasteiger partial charge in [-0.25, -0.2) is 14.1 Å². The summed E-state index contributed by atoms with van der Waals surface area (Å²) < 4.78 is 16.5. The van der Waals surface area contributed by atoms with Crippen molar-refractivity contribution in [3.63, 3.8) is 0 Å². The molecule has 134 valence electrons. The summed E-state index contributed by atoms with van der Waals surface area (Å²) >= 11 is 0. The van der Waals surface area contributed by atoms with Crippen LogP contribution in [0.25, 0.3) is 16.7 Å². The number of benzene rings is 2. The Balaban J connectivity index is 1.71. The predicted molar refractivity (Wildman–Crippen MR) is 98.6 cm³/mol. The number of carbonyl (C=O) groups is 1. The number of Topliss-reactive ketones (excluding diaryl/α,β-unsaturated/α-hetero) is 1. The molecule has 0 aliphatic rings.